The highest BCUT2D eigenvalue weighted by molar-refractivity contribution is 5.08. The Morgan fingerprint density at radius 2 is 2.07 bits per heavy atom. The largest absolute Gasteiger partial charge is 0.395 e. The molecule has 1 spiro atoms. The van der Waals surface area contributed by atoms with Gasteiger partial charge in [0.05, 0.1) is 6.61 Å². The molecule has 0 aromatic heterocycles. The molecule has 0 aromatic rings. The Balaban J connectivity index is 1.74. The van der Waals surface area contributed by atoms with Gasteiger partial charge in [-0.2, -0.15) is 0 Å². The first-order valence-electron chi connectivity index (χ1n) is 5.79. The summed E-state index contributed by atoms with van der Waals surface area (Å²) in [6.45, 7) is 2.27. The van der Waals surface area contributed by atoms with Gasteiger partial charge < -0.3 is 16.2 Å². The Kier molecular flexibility index (Phi) is 2.82. The summed E-state index contributed by atoms with van der Waals surface area (Å²) in [6.07, 6.45) is 6.28. The van der Waals surface area contributed by atoms with Gasteiger partial charge in [0.1, 0.15) is 0 Å². The van der Waals surface area contributed by atoms with Crippen molar-refractivity contribution >= 4 is 0 Å². The molecule has 3 heteroatoms. The quantitative estimate of drug-likeness (QED) is 0.623. The molecule has 0 bridgehead atoms. The maximum atomic E-state index is 8.94. The van der Waals surface area contributed by atoms with E-state index < -0.39 is 0 Å². The molecule has 2 atom stereocenters. The van der Waals surface area contributed by atoms with Crippen molar-refractivity contribution in [1.29, 1.82) is 0 Å². The van der Waals surface area contributed by atoms with Gasteiger partial charge in [-0.25, -0.2) is 0 Å². The van der Waals surface area contributed by atoms with Crippen LogP contribution < -0.4 is 11.1 Å². The monoisotopic (exact) mass is 198 g/mol. The van der Waals surface area contributed by atoms with Crippen LogP contribution >= 0.6 is 0 Å². The minimum absolute atomic E-state index is 0.237. The van der Waals surface area contributed by atoms with E-state index in [9.17, 15) is 0 Å². The van der Waals surface area contributed by atoms with Crippen LogP contribution in [0.5, 0.6) is 0 Å². The summed E-state index contributed by atoms with van der Waals surface area (Å²) in [5.41, 5.74) is 6.47. The van der Waals surface area contributed by atoms with Crippen molar-refractivity contribution in [3.63, 3.8) is 0 Å². The highest BCUT2D eigenvalue weighted by atomic mass is 16.3. The van der Waals surface area contributed by atoms with E-state index in [4.69, 9.17) is 10.8 Å². The van der Waals surface area contributed by atoms with Gasteiger partial charge in [-0.05, 0) is 44.4 Å². The fourth-order valence-electron chi connectivity index (χ4n) is 2.77. The van der Waals surface area contributed by atoms with Crippen LogP contribution in [0.1, 0.15) is 39.0 Å². The first-order chi connectivity index (χ1) is 6.66. The second-order valence-corrected chi connectivity index (χ2v) is 5.20. The third-order valence-electron chi connectivity index (χ3n) is 4.03. The molecule has 82 valence electrons. The van der Waals surface area contributed by atoms with E-state index >= 15 is 0 Å². The Hall–Kier alpha value is -0.120. The number of nitrogens with one attached hydrogen (secondary N) is 1. The summed E-state index contributed by atoms with van der Waals surface area (Å²) in [7, 11) is 0. The van der Waals surface area contributed by atoms with Crippen molar-refractivity contribution < 1.29 is 5.11 Å². The zero-order chi connectivity index (χ0) is 10.2. The van der Waals surface area contributed by atoms with E-state index in [1.165, 1.54) is 32.1 Å². The van der Waals surface area contributed by atoms with E-state index in [1.54, 1.807) is 0 Å². The van der Waals surface area contributed by atoms with Crippen molar-refractivity contribution in [3.8, 4) is 0 Å². The summed E-state index contributed by atoms with van der Waals surface area (Å²) < 4.78 is 0. The summed E-state index contributed by atoms with van der Waals surface area (Å²) in [5, 5.41) is 12.4. The molecule has 2 fully saturated rings. The minimum atomic E-state index is 0.237. The Morgan fingerprint density at radius 1 is 1.50 bits per heavy atom. The van der Waals surface area contributed by atoms with Crippen LogP contribution in [-0.4, -0.2) is 29.8 Å². The first kappa shape index (κ1) is 10.4. The summed E-state index contributed by atoms with van der Waals surface area (Å²) in [5.74, 6) is 0. The SMILES string of the molecule is CC(CO)NC1CCC2(CC1)CC2N. The minimum Gasteiger partial charge on any atom is -0.395 e. The molecule has 0 amide bonds. The second-order valence-electron chi connectivity index (χ2n) is 5.20. The van der Waals surface area contributed by atoms with Crippen LogP contribution in [-0.2, 0) is 0 Å². The topological polar surface area (TPSA) is 58.3 Å². The van der Waals surface area contributed by atoms with E-state index in [1.807, 2.05) is 6.92 Å². The van der Waals surface area contributed by atoms with Gasteiger partial charge in [-0.15, -0.1) is 0 Å². The van der Waals surface area contributed by atoms with Crippen molar-refractivity contribution in [2.75, 3.05) is 6.61 Å². The van der Waals surface area contributed by atoms with Gasteiger partial charge in [-0.3, -0.25) is 0 Å². The van der Waals surface area contributed by atoms with Gasteiger partial charge >= 0.3 is 0 Å². The molecule has 0 radical (unpaired) electrons. The van der Waals surface area contributed by atoms with Crippen LogP contribution in [0.3, 0.4) is 0 Å². The average molecular weight is 198 g/mol. The molecule has 0 aromatic carbocycles. The lowest BCUT2D eigenvalue weighted by atomic mass is 9.82. The fourth-order valence-corrected chi connectivity index (χ4v) is 2.77. The maximum Gasteiger partial charge on any atom is 0.0582 e. The Bertz CT molecular complexity index is 199. The average Bonchev–Trinajstić information content (AvgIpc) is 2.81. The Labute approximate surface area is 86.1 Å². The van der Waals surface area contributed by atoms with E-state index in [2.05, 4.69) is 5.32 Å². The molecule has 0 saturated heterocycles. The van der Waals surface area contributed by atoms with E-state index in [0.717, 1.165) is 0 Å². The highest BCUT2D eigenvalue weighted by Crippen LogP contribution is 2.54. The molecule has 4 N–H and O–H groups in total. The lowest BCUT2D eigenvalue weighted by Gasteiger charge is -2.31. The fraction of sp³-hybridized carbons (Fsp3) is 1.00. The molecule has 2 aliphatic carbocycles. The number of hydrogen-bond acceptors (Lipinski definition) is 3. The molecular weight excluding hydrogens is 176 g/mol. The Morgan fingerprint density at radius 3 is 2.50 bits per heavy atom. The number of rotatable bonds is 3. The zero-order valence-electron chi connectivity index (χ0n) is 9.00. The molecule has 2 aliphatic rings. The highest BCUT2D eigenvalue weighted by Gasteiger charge is 2.52. The van der Waals surface area contributed by atoms with E-state index in [0.29, 0.717) is 17.5 Å². The van der Waals surface area contributed by atoms with Crippen LogP contribution in [0.4, 0.5) is 0 Å². The third kappa shape index (κ3) is 1.95. The van der Waals surface area contributed by atoms with Crippen molar-refractivity contribution in [2.24, 2.45) is 11.1 Å². The molecule has 2 saturated carbocycles. The van der Waals surface area contributed by atoms with Gasteiger partial charge in [-0.1, -0.05) is 0 Å². The number of nitrogens with two attached hydrogens (primary N) is 1. The summed E-state index contributed by atoms with van der Waals surface area (Å²) in [4.78, 5) is 0. The van der Waals surface area contributed by atoms with Crippen LogP contribution in [0.15, 0.2) is 0 Å². The molecular formula is C11H22N2O. The van der Waals surface area contributed by atoms with Crippen molar-refractivity contribution in [1.82, 2.24) is 5.32 Å². The molecule has 0 heterocycles. The van der Waals surface area contributed by atoms with Crippen molar-refractivity contribution in [2.45, 2.75) is 57.2 Å². The van der Waals surface area contributed by atoms with E-state index in [-0.39, 0.29) is 12.6 Å². The normalized spacial score (nSPS) is 43.9. The van der Waals surface area contributed by atoms with Crippen molar-refractivity contribution in [3.05, 3.63) is 0 Å². The predicted molar refractivity (Wildman–Crippen MR) is 57.0 cm³/mol. The molecule has 14 heavy (non-hydrogen) atoms. The molecule has 2 unspecified atom stereocenters. The van der Waals surface area contributed by atoms with Crippen LogP contribution in [0.2, 0.25) is 0 Å². The molecule has 2 rings (SSSR count). The summed E-state index contributed by atoms with van der Waals surface area (Å²) in [6, 6.07) is 1.33. The van der Waals surface area contributed by atoms with Crippen LogP contribution in [0.25, 0.3) is 0 Å². The van der Waals surface area contributed by atoms with Gasteiger partial charge in [0.2, 0.25) is 0 Å². The first-order valence-corrected chi connectivity index (χ1v) is 5.79. The lowest BCUT2D eigenvalue weighted by molar-refractivity contribution is 0.208. The standard InChI is InChI=1S/C11H22N2O/c1-8(7-14)13-9-2-4-11(5-3-9)6-10(11)12/h8-10,13-14H,2-7,12H2,1H3. The molecule has 0 aliphatic heterocycles. The molecule has 3 nitrogen and oxygen atoms in total. The van der Waals surface area contributed by atoms with Crippen LogP contribution in [0, 0.1) is 5.41 Å². The maximum absolute atomic E-state index is 8.94. The third-order valence-corrected chi connectivity index (χ3v) is 4.03. The van der Waals surface area contributed by atoms with Gasteiger partial charge in [0, 0.05) is 18.1 Å². The second kappa shape index (κ2) is 3.80. The van der Waals surface area contributed by atoms with Gasteiger partial charge in [0.15, 0.2) is 0 Å². The number of hydrogen-bond donors (Lipinski definition) is 3. The predicted octanol–water partition coefficient (Wildman–Crippen LogP) is 0.617. The zero-order valence-corrected chi connectivity index (χ0v) is 9.00. The number of aliphatic hydroxyl groups is 1. The number of aliphatic hydroxyl groups excluding tert-OH is 1. The lowest BCUT2D eigenvalue weighted by Crippen LogP contribution is -2.41. The van der Waals surface area contributed by atoms with Gasteiger partial charge in [0.25, 0.3) is 0 Å². The summed E-state index contributed by atoms with van der Waals surface area (Å²) >= 11 is 0. The smallest absolute Gasteiger partial charge is 0.0582 e.